The van der Waals surface area contributed by atoms with Gasteiger partial charge in [-0.15, -0.1) is 0 Å². The van der Waals surface area contributed by atoms with Gasteiger partial charge < -0.3 is 5.32 Å². The quantitative estimate of drug-likeness (QED) is 0.880. The first-order valence-corrected chi connectivity index (χ1v) is 9.02. The van der Waals surface area contributed by atoms with Gasteiger partial charge in [-0.25, -0.2) is 8.42 Å². The van der Waals surface area contributed by atoms with Crippen molar-refractivity contribution < 1.29 is 8.42 Å². The van der Waals surface area contributed by atoms with Crippen LogP contribution in [-0.4, -0.2) is 14.7 Å². The van der Waals surface area contributed by atoms with E-state index >= 15 is 0 Å². The van der Waals surface area contributed by atoms with Crippen LogP contribution in [0.2, 0.25) is 0 Å². The minimum atomic E-state index is -3.31. The van der Waals surface area contributed by atoms with E-state index in [1.54, 1.807) is 18.2 Å². The van der Waals surface area contributed by atoms with Gasteiger partial charge in [0, 0.05) is 11.7 Å². The van der Waals surface area contributed by atoms with Crippen molar-refractivity contribution in [1.82, 2.24) is 0 Å². The van der Waals surface area contributed by atoms with E-state index in [4.69, 9.17) is 5.26 Å². The average Bonchev–Trinajstić information content (AvgIpc) is 2.49. The Morgan fingerprint density at radius 2 is 1.78 bits per heavy atom. The lowest BCUT2D eigenvalue weighted by molar-refractivity contribution is 0.607. The van der Waals surface area contributed by atoms with Crippen molar-refractivity contribution >= 4 is 21.4 Å². The number of aryl methyl sites for hydroxylation is 1. The molecule has 23 heavy (non-hydrogen) atoms. The number of nitrogens with zero attached hydrogens (tertiary/aromatic N) is 1. The molecule has 1 atom stereocenters. The van der Waals surface area contributed by atoms with Gasteiger partial charge in [-0.05, 0) is 49.2 Å². The zero-order valence-corrected chi connectivity index (χ0v) is 14.1. The molecule has 0 aliphatic heterocycles. The highest BCUT2D eigenvalue weighted by Gasteiger charge is 2.09. The van der Waals surface area contributed by atoms with Crippen molar-refractivity contribution in [2.24, 2.45) is 0 Å². The van der Waals surface area contributed by atoms with Gasteiger partial charge in [-0.3, -0.25) is 4.72 Å². The number of rotatable bonds is 5. The molecule has 2 aromatic rings. The number of benzene rings is 2. The number of anilines is 2. The molecule has 0 aromatic heterocycles. The summed E-state index contributed by atoms with van der Waals surface area (Å²) < 4.78 is 25.3. The standard InChI is InChI=1S/C17H19N3O2S/c1-12-4-9-16(10-17(12)20-23(3,21)22)19-13(2)15-7-5-14(11-18)6-8-15/h4-10,13,19-20H,1-3H3/t13-/m0/s1. The third-order valence-corrected chi connectivity index (χ3v) is 4.05. The Balaban J connectivity index is 2.19. The highest BCUT2D eigenvalue weighted by Crippen LogP contribution is 2.25. The first kappa shape index (κ1) is 16.8. The van der Waals surface area contributed by atoms with Gasteiger partial charge in [0.05, 0.1) is 23.6 Å². The van der Waals surface area contributed by atoms with E-state index in [0.717, 1.165) is 23.1 Å². The summed E-state index contributed by atoms with van der Waals surface area (Å²) in [6.07, 6.45) is 1.13. The lowest BCUT2D eigenvalue weighted by Crippen LogP contribution is -2.12. The van der Waals surface area contributed by atoms with Crippen LogP contribution in [0.15, 0.2) is 42.5 Å². The molecule has 0 saturated heterocycles. The van der Waals surface area contributed by atoms with E-state index in [-0.39, 0.29) is 6.04 Å². The highest BCUT2D eigenvalue weighted by atomic mass is 32.2. The van der Waals surface area contributed by atoms with Crippen LogP contribution < -0.4 is 10.0 Å². The first-order chi connectivity index (χ1) is 10.8. The largest absolute Gasteiger partial charge is 0.378 e. The molecule has 120 valence electrons. The predicted molar refractivity (Wildman–Crippen MR) is 92.8 cm³/mol. The Morgan fingerprint density at radius 3 is 2.35 bits per heavy atom. The van der Waals surface area contributed by atoms with Crippen LogP contribution in [0.4, 0.5) is 11.4 Å². The fraction of sp³-hybridized carbons (Fsp3) is 0.235. The minimum Gasteiger partial charge on any atom is -0.378 e. The maximum absolute atomic E-state index is 11.4. The molecule has 0 amide bonds. The van der Waals surface area contributed by atoms with Gasteiger partial charge in [0.15, 0.2) is 0 Å². The second-order valence-corrected chi connectivity index (χ2v) is 7.25. The minimum absolute atomic E-state index is 0.0246. The maximum Gasteiger partial charge on any atom is 0.229 e. The summed E-state index contributed by atoms with van der Waals surface area (Å²) in [4.78, 5) is 0. The smallest absolute Gasteiger partial charge is 0.229 e. The van der Waals surface area contributed by atoms with Crippen LogP contribution in [0.5, 0.6) is 0 Å². The van der Waals surface area contributed by atoms with Gasteiger partial charge in [-0.2, -0.15) is 5.26 Å². The second kappa shape index (κ2) is 6.71. The van der Waals surface area contributed by atoms with Crippen molar-refractivity contribution in [1.29, 1.82) is 5.26 Å². The monoisotopic (exact) mass is 329 g/mol. The predicted octanol–water partition coefficient (Wildman–Crippen LogP) is 3.41. The van der Waals surface area contributed by atoms with E-state index in [0.29, 0.717) is 11.3 Å². The lowest BCUT2D eigenvalue weighted by atomic mass is 10.1. The van der Waals surface area contributed by atoms with Crippen LogP contribution in [0.3, 0.4) is 0 Å². The molecule has 0 radical (unpaired) electrons. The Kier molecular flexibility index (Phi) is 4.92. The average molecular weight is 329 g/mol. The Hall–Kier alpha value is -2.52. The van der Waals surface area contributed by atoms with Gasteiger partial charge in [0.2, 0.25) is 10.0 Å². The van der Waals surface area contributed by atoms with E-state index in [9.17, 15) is 8.42 Å². The molecule has 2 aromatic carbocycles. The van der Waals surface area contributed by atoms with Gasteiger partial charge in [-0.1, -0.05) is 18.2 Å². The Labute approximate surface area is 137 Å². The third kappa shape index (κ3) is 4.73. The van der Waals surface area contributed by atoms with Crippen LogP contribution in [-0.2, 0) is 10.0 Å². The number of nitriles is 1. The zero-order chi connectivity index (χ0) is 17.0. The van der Waals surface area contributed by atoms with E-state index in [1.807, 2.05) is 38.1 Å². The Bertz CT molecular complexity index is 837. The van der Waals surface area contributed by atoms with Crippen molar-refractivity contribution in [3.05, 3.63) is 59.2 Å². The molecule has 0 heterocycles. The molecule has 0 saturated carbocycles. The van der Waals surface area contributed by atoms with E-state index in [1.165, 1.54) is 0 Å². The van der Waals surface area contributed by atoms with Crippen molar-refractivity contribution in [3.63, 3.8) is 0 Å². The summed E-state index contributed by atoms with van der Waals surface area (Å²) in [5.41, 5.74) is 3.90. The van der Waals surface area contributed by atoms with Crippen molar-refractivity contribution in [2.45, 2.75) is 19.9 Å². The molecular formula is C17H19N3O2S. The van der Waals surface area contributed by atoms with Crippen molar-refractivity contribution in [3.8, 4) is 6.07 Å². The van der Waals surface area contributed by atoms with E-state index in [2.05, 4.69) is 16.1 Å². The van der Waals surface area contributed by atoms with Gasteiger partial charge in [0.1, 0.15) is 0 Å². The summed E-state index contributed by atoms with van der Waals surface area (Å²) in [6, 6.07) is 15.0. The molecule has 0 spiro atoms. The normalized spacial score (nSPS) is 12.3. The molecule has 0 fully saturated rings. The fourth-order valence-corrected chi connectivity index (χ4v) is 2.82. The molecule has 0 aliphatic carbocycles. The van der Waals surface area contributed by atoms with Crippen LogP contribution >= 0.6 is 0 Å². The lowest BCUT2D eigenvalue weighted by Gasteiger charge is -2.17. The summed E-state index contributed by atoms with van der Waals surface area (Å²) in [5, 5.41) is 12.2. The summed E-state index contributed by atoms with van der Waals surface area (Å²) >= 11 is 0. The molecule has 0 unspecified atom stereocenters. The number of nitrogens with one attached hydrogen (secondary N) is 2. The first-order valence-electron chi connectivity index (χ1n) is 7.13. The zero-order valence-electron chi connectivity index (χ0n) is 13.3. The van der Waals surface area contributed by atoms with E-state index < -0.39 is 10.0 Å². The molecule has 5 nitrogen and oxygen atoms in total. The number of sulfonamides is 1. The molecule has 2 N–H and O–H groups in total. The van der Waals surface area contributed by atoms with Gasteiger partial charge in [0.25, 0.3) is 0 Å². The molecular weight excluding hydrogens is 310 g/mol. The maximum atomic E-state index is 11.4. The number of hydrogen-bond acceptors (Lipinski definition) is 4. The summed E-state index contributed by atoms with van der Waals surface area (Å²) in [5.74, 6) is 0. The summed E-state index contributed by atoms with van der Waals surface area (Å²) in [6.45, 7) is 3.85. The van der Waals surface area contributed by atoms with Crippen LogP contribution in [0.25, 0.3) is 0 Å². The topological polar surface area (TPSA) is 82.0 Å². The molecule has 2 rings (SSSR count). The molecule has 6 heteroatoms. The molecule has 0 bridgehead atoms. The van der Waals surface area contributed by atoms with Gasteiger partial charge >= 0.3 is 0 Å². The van der Waals surface area contributed by atoms with Crippen LogP contribution in [0, 0.1) is 18.3 Å². The highest BCUT2D eigenvalue weighted by molar-refractivity contribution is 7.92. The SMILES string of the molecule is Cc1ccc(N[C@@H](C)c2ccc(C#N)cc2)cc1NS(C)(=O)=O. The summed E-state index contributed by atoms with van der Waals surface area (Å²) in [7, 11) is -3.31. The molecule has 0 aliphatic rings. The second-order valence-electron chi connectivity index (χ2n) is 5.50. The Morgan fingerprint density at radius 1 is 1.13 bits per heavy atom. The third-order valence-electron chi connectivity index (χ3n) is 3.46. The van der Waals surface area contributed by atoms with Crippen LogP contribution in [0.1, 0.15) is 29.7 Å². The van der Waals surface area contributed by atoms with Crippen molar-refractivity contribution in [2.75, 3.05) is 16.3 Å². The fourth-order valence-electron chi connectivity index (χ4n) is 2.20. The number of hydrogen-bond donors (Lipinski definition) is 2.